The maximum Gasteiger partial charge on any atom is 0.326 e. The summed E-state index contributed by atoms with van der Waals surface area (Å²) >= 11 is 6.57. The lowest BCUT2D eigenvalue weighted by Crippen LogP contribution is -2.43. The number of aliphatic hydroxyl groups is 1. The number of halogens is 2. The molecule has 0 fully saturated rings. The molecule has 0 aromatic heterocycles. The minimum absolute atomic E-state index is 0.0525. The Bertz CT molecular complexity index is 495. The van der Waals surface area contributed by atoms with Gasteiger partial charge in [0, 0.05) is 17.5 Å². The number of carboxylic acids is 1. The highest BCUT2D eigenvalue weighted by molar-refractivity contribution is 9.11. The summed E-state index contributed by atoms with van der Waals surface area (Å²) in [5, 5.41) is 19.8. The second kappa shape index (κ2) is 8.23. The fourth-order valence-electron chi connectivity index (χ4n) is 1.36. The molecule has 1 rings (SSSR count). The monoisotopic (exact) mass is 409 g/mol. The van der Waals surface area contributed by atoms with Crippen molar-refractivity contribution in [2.45, 2.75) is 12.5 Å². The summed E-state index contributed by atoms with van der Waals surface area (Å²) in [6.45, 7) is -0.633. The predicted molar refractivity (Wildman–Crippen MR) is 78.6 cm³/mol. The van der Waals surface area contributed by atoms with Gasteiger partial charge in [0.05, 0.1) is 4.47 Å². The number of amides is 1. The van der Waals surface area contributed by atoms with Crippen LogP contribution in [-0.2, 0) is 9.59 Å². The molecule has 0 unspecified atom stereocenters. The van der Waals surface area contributed by atoms with Gasteiger partial charge in [0.25, 0.3) is 5.91 Å². The number of hydrogen-bond acceptors (Lipinski definition) is 4. The molecule has 8 heteroatoms. The summed E-state index contributed by atoms with van der Waals surface area (Å²) < 4.78 is 6.80. The number of carboxylic acid groups (broad SMARTS) is 1. The normalized spacial score (nSPS) is 11.8. The Morgan fingerprint density at radius 2 is 2.05 bits per heavy atom. The van der Waals surface area contributed by atoms with Gasteiger partial charge in [-0.25, -0.2) is 4.79 Å². The Hall–Kier alpha value is -1.12. The quantitative estimate of drug-likeness (QED) is 0.633. The zero-order valence-electron chi connectivity index (χ0n) is 10.3. The summed E-state index contributed by atoms with van der Waals surface area (Å²) in [6, 6.07) is 4.07. The number of aliphatic carboxylic acids is 1. The van der Waals surface area contributed by atoms with Crippen molar-refractivity contribution in [2.24, 2.45) is 0 Å². The summed E-state index contributed by atoms with van der Waals surface area (Å²) in [5.41, 5.74) is 0. The Morgan fingerprint density at radius 3 is 2.60 bits per heavy atom. The van der Waals surface area contributed by atoms with Gasteiger partial charge in [-0.1, -0.05) is 15.9 Å². The largest absolute Gasteiger partial charge is 0.483 e. The van der Waals surface area contributed by atoms with Crippen molar-refractivity contribution in [3.63, 3.8) is 0 Å². The van der Waals surface area contributed by atoms with Crippen LogP contribution in [0.5, 0.6) is 5.75 Å². The minimum atomic E-state index is -1.20. The third kappa shape index (κ3) is 5.48. The molecule has 1 amide bonds. The second-order valence-corrected chi connectivity index (χ2v) is 5.60. The lowest BCUT2D eigenvalue weighted by molar-refractivity contribution is -0.142. The molecule has 1 atom stereocenters. The highest BCUT2D eigenvalue weighted by Gasteiger charge is 2.19. The van der Waals surface area contributed by atoms with E-state index < -0.39 is 17.9 Å². The molecule has 0 aliphatic carbocycles. The Balaban J connectivity index is 2.52. The average Bonchev–Trinajstić information content (AvgIpc) is 2.37. The Kier molecular flexibility index (Phi) is 6.97. The molecule has 3 N–H and O–H groups in total. The first-order valence-electron chi connectivity index (χ1n) is 5.65. The zero-order chi connectivity index (χ0) is 15.1. The standard InChI is InChI=1S/C12H13Br2NO5/c13-7-1-2-10(8(14)5-7)20-6-11(17)15-9(3-4-16)12(18)19/h1-2,5,9,16H,3-4,6H2,(H,15,17)(H,18,19)/t9-/m0/s1. The Morgan fingerprint density at radius 1 is 1.35 bits per heavy atom. The molecule has 0 saturated carbocycles. The van der Waals surface area contributed by atoms with Gasteiger partial charge in [0.15, 0.2) is 6.61 Å². The van der Waals surface area contributed by atoms with E-state index in [1.165, 1.54) is 0 Å². The molecular weight excluding hydrogens is 398 g/mol. The molecule has 0 aliphatic heterocycles. The summed E-state index contributed by atoms with van der Waals surface area (Å²) in [4.78, 5) is 22.4. The van der Waals surface area contributed by atoms with Gasteiger partial charge in [0.2, 0.25) is 0 Å². The smallest absolute Gasteiger partial charge is 0.326 e. The molecule has 0 heterocycles. The van der Waals surface area contributed by atoms with Crippen LogP contribution < -0.4 is 10.1 Å². The van der Waals surface area contributed by atoms with Gasteiger partial charge in [-0.15, -0.1) is 0 Å². The summed E-state index contributed by atoms with van der Waals surface area (Å²) in [7, 11) is 0. The maximum absolute atomic E-state index is 11.6. The van der Waals surface area contributed by atoms with E-state index in [4.69, 9.17) is 14.9 Å². The van der Waals surface area contributed by atoms with Gasteiger partial charge in [-0.05, 0) is 34.1 Å². The van der Waals surface area contributed by atoms with Gasteiger partial charge >= 0.3 is 5.97 Å². The molecule has 0 spiro atoms. The zero-order valence-corrected chi connectivity index (χ0v) is 13.5. The first-order valence-corrected chi connectivity index (χ1v) is 7.23. The van der Waals surface area contributed by atoms with Gasteiger partial charge in [-0.3, -0.25) is 4.79 Å². The SMILES string of the molecule is O=C(COc1ccc(Br)cc1Br)N[C@@H](CCO)C(=O)O. The van der Waals surface area contributed by atoms with E-state index >= 15 is 0 Å². The third-order valence-corrected chi connectivity index (χ3v) is 3.42. The third-order valence-electron chi connectivity index (χ3n) is 2.30. The number of benzene rings is 1. The fraction of sp³-hybridized carbons (Fsp3) is 0.333. The van der Waals surface area contributed by atoms with Crippen LogP contribution >= 0.6 is 31.9 Å². The molecule has 1 aromatic carbocycles. The molecular formula is C12H13Br2NO5. The van der Waals surface area contributed by atoms with Crippen molar-refractivity contribution in [1.29, 1.82) is 0 Å². The van der Waals surface area contributed by atoms with Crippen LogP contribution in [0.1, 0.15) is 6.42 Å². The van der Waals surface area contributed by atoms with E-state index in [1.54, 1.807) is 18.2 Å². The van der Waals surface area contributed by atoms with Crippen molar-refractivity contribution >= 4 is 43.7 Å². The van der Waals surface area contributed by atoms with Gasteiger partial charge in [-0.2, -0.15) is 0 Å². The highest BCUT2D eigenvalue weighted by atomic mass is 79.9. The molecule has 0 aliphatic rings. The molecule has 6 nitrogen and oxygen atoms in total. The van der Waals surface area contributed by atoms with Crippen LogP contribution in [0.15, 0.2) is 27.1 Å². The number of ether oxygens (including phenoxy) is 1. The minimum Gasteiger partial charge on any atom is -0.483 e. The van der Waals surface area contributed by atoms with E-state index in [-0.39, 0.29) is 19.6 Å². The number of aliphatic hydroxyl groups excluding tert-OH is 1. The molecule has 1 aromatic rings. The topological polar surface area (TPSA) is 95.9 Å². The van der Waals surface area contributed by atoms with Crippen molar-refractivity contribution in [1.82, 2.24) is 5.32 Å². The van der Waals surface area contributed by atoms with Crippen LogP contribution in [0, 0.1) is 0 Å². The summed E-state index contributed by atoms with van der Waals surface area (Å²) in [6.07, 6.45) is -0.0525. The van der Waals surface area contributed by atoms with E-state index in [0.717, 1.165) is 4.47 Å². The van der Waals surface area contributed by atoms with E-state index in [0.29, 0.717) is 10.2 Å². The van der Waals surface area contributed by atoms with Gasteiger partial charge in [0.1, 0.15) is 11.8 Å². The molecule has 0 saturated heterocycles. The second-order valence-electron chi connectivity index (χ2n) is 3.83. The van der Waals surface area contributed by atoms with E-state index in [1.807, 2.05) is 0 Å². The lowest BCUT2D eigenvalue weighted by atomic mass is 10.2. The number of hydrogen-bond donors (Lipinski definition) is 3. The van der Waals surface area contributed by atoms with Crippen molar-refractivity contribution < 1.29 is 24.5 Å². The first kappa shape index (κ1) is 16.9. The number of carbonyl (C=O) groups excluding carboxylic acids is 1. The van der Waals surface area contributed by atoms with E-state index in [2.05, 4.69) is 37.2 Å². The number of carbonyl (C=O) groups is 2. The maximum atomic E-state index is 11.6. The number of nitrogens with one attached hydrogen (secondary N) is 1. The molecule has 20 heavy (non-hydrogen) atoms. The fourth-order valence-corrected chi connectivity index (χ4v) is 2.52. The predicted octanol–water partition coefficient (Wildman–Crippen LogP) is 1.54. The number of rotatable bonds is 7. The van der Waals surface area contributed by atoms with Crippen molar-refractivity contribution in [3.8, 4) is 5.75 Å². The average molecular weight is 411 g/mol. The van der Waals surface area contributed by atoms with Crippen LogP contribution in [0.25, 0.3) is 0 Å². The molecule has 0 bridgehead atoms. The first-order chi connectivity index (χ1) is 9.43. The van der Waals surface area contributed by atoms with Crippen LogP contribution in [0.3, 0.4) is 0 Å². The van der Waals surface area contributed by atoms with Crippen LogP contribution in [0.4, 0.5) is 0 Å². The van der Waals surface area contributed by atoms with Crippen molar-refractivity contribution in [2.75, 3.05) is 13.2 Å². The summed E-state index contributed by atoms with van der Waals surface area (Å²) in [5.74, 6) is -1.30. The highest BCUT2D eigenvalue weighted by Crippen LogP contribution is 2.28. The van der Waals surface area contributed by atoms with Crippen LogP contribution in [0.2, 0.25) is 0 Å². The lowest BCUT2D eigenvalue weighted by Gasteiger charge is -2.14. The molecule has 110 valence electrons. The van der Waals surface area contributed by atoms with Gasteiger partial charge < -0.3 is 20.3 Å². The van der Waals surface area contributed by atoms with Crippen molar-refractivity contribution in [3.05, 3.63) is 27.1 Å². The Labute approximate surface area is 132 Å². The molecule has 0 radical (unpaired) electrons. The van der Waals surface area contributed by atoms with Crippen LogP contribution in [-0.4, -0.2) is 41.3 Å². The van der Waals surface area contributed by atoms with E-state index in [9.17, 15) is 9.59 Å².